The highest BCUT2D eigenvalue weighted by atomic mass is 16.1. The Kier molecular flexibility index (Phi) is 5.39. The second-order valence-electron chi connectivity index (χ2n) is 7.68. The molecule has 2 aromatic rings. The summed E-state index contributed by atoms with van der Waals surface area (Å²) in [6, 6.07) is 15.2. The van der Waals surface area contributed by atoms with Crippen molar-refractivity contribution >= 4 is 11.7 Å². The van der Waals surface area contributed by atoms with E-state index in [0.717, 1.165) is 32.0 Å². The van der Waals surface area contributed by atoms with Gasteiger partial charge in [0.15, 0.2) is 0 Å². The molecule has 0 spiro atoms. The minimum atomic E-state index is -0.0541. The number of fused-ring (bicyclic) bond motifs is 4. The topological polar surface area (TPSA) is 48.5 Å². The van der Waals surface area contributed by atoms with Gasteiger partial charge in [-0.25, -0.2) is 4.98 Å². The summed E-state index contributed by atoms with van der Waals surface area (Å²) in [5.41, 5.74) is 2.02. The lowest BCUT2D eigenvalue weighted by molar-refractivity contribution is 0.0955. The number of nitrogens with one attached hydrogen (secondary N) is 1. The fraction of sp³-hybridized carbons (Fsp3) is 0.455. The van der Waals surface area contributed by atoms with Crippen molar-refractivity contribution in [1.29, 1.82) is 0 Å². The number of hydrogen-bond donors (Lipinski definition) is 1. The van der Waals surface area contributed by atoms with Crippen LogP contribution in [0.15, 0.2) is 48.7 Å². The van der Waals surface area contributed by atoms with Gasteiger partial charge in [0, 0.05) is 45.0 Å². The zero-order valence-corrected chi connectivity index (χ0v) is 16.0. The number of hydrogen-bond acceptors (Lipinski definition) is 4. The molecule has 3 saturated heterocycles. The lowest BCUT2D eigenvalue weighted by atomic mass is 9.94. The number of pyridine rings is 1. The second-order valence-corrected chi connectivity index (χ2v) is 7.68. The molecule has 4 heterocycles. The first kappa shape index (κ1) is 18.0. The van der Waals surface area contributed by atoms with E-state index in [9.17, 15) is 4.79 Å². The SMILES string of the molecule is CCNC(=O)c1ccc(N2C[C@@H]3CC[C@H](C2)N(Cc2ccccc2)C3)nc1. The van der Waals surface area contributed by atoms with E-state index >= 15 is 0 Å². The van der Waals surface area contributed by atoms with E-state index in [1.165, 1.54) is 18.4 Å². The van der Waals surface area contributed by atoms with Gasteiger partial charge in [-0.15, -0.1) is 0 Å². The molecule has 142 valence electrons. The maximum Gasteiger partial charge on any atom is 0.252 e. The molecular formula is C22H28N4O. The van der Waals surface area contributed by atoms with E-state index in [1.807, 2.05) is 19.1 Å². The lowest BCUT2D eigenvalue weighted by Gasteiger charge is -2.36. The fourth-order valence-electron chi connectivity index (χ4n) is 4.35. The van der Waals surface area contributed by atoms with Crippen LogP contribution in [-0.2, 0) is 6.54 Å². The van der Waals surface area contributed by atoms with Crippen molar-refractivity contribution in [1.82, 2.24) is 15.2 Å². The van der Waals surface area contributed by atoms with E-state index in [-0.39, 0.29) is 5.91 Å². The Morgan fingerprint density at radius 2 is 1.96 bits per heavy atom. The molecule has 5 nitrogen and oxygen atoms in total. The van der Waals surface area contributed by atoms with Gasteiger partial charge in [0.1, 0.15) is 5.82 Å². The smallest absolute Gasteiger partial charge is 0.252 e. The average Bonchev–Trinajstić information content (AvgIpc) is 3.01. The van der Waals surface area contributed by atoms with Gasteiger partial charge in [-0.1, -0.05) is 30.3 Å². The highest BCUT2D eigenvalue weighted by molar-refractivity contribution is 5.94. The van der Waals surface area contributed by atoms with Crippen LogP contribution in [0, 0.1) is 5.92 Å². The van der Waals surface area contributed by atoms with Crippen molar-refractivity contribution in [2.45, 2.75) is 32.4 Å². The van der Waals surface area contributed by atoms with Gasteiger partial charge >= 0.3 is 0 Å². The van der Waals surface area contributed by atoms with E-state index in [4.69, 9.17) is 0 Å². The Bertz CT molecular complexity index is 762. The number of amides is 1. The number of anilines is 1. The molecule has 2 atom stereocenters. The third kappa shape index (κ3) is 4.14. The van der Waals surface area contributed by atoms with Gasteiger partial charge in [-0.05, 0) is 43.4 Å². The zero-order valence-electron chi connectivity index (χ0n) is 16.0. The van der Waals surface area contributed by atoms with Crippen molar-refractivity contribution in [2.75, 3.05) is 31.1 Å². The van der Waals surface area contributed by atoms with Crippen molar-refractivity contribution in [3.63, 3.8) is 0 Å². The summed E-state index contributed by atoms with van der Waals surface area (Å²) in [6.45, 7) is 6.81. The van der Waals surface area contributed by atoms with Gasteiger partial charge in [-0.3, -0.25) is 9.69 Å². The van der Waals surface area contributed by atoms with Crippen molar-refractivity contribution in [3.05, 3.63) is 59.8 Å². The number of carbonyl (C=O) groups is 1. The Balaban J connectivity index is 1.46. The Labute approximate surface area is 161 Å². The van der Waals surface area contributed by atoms with Crippen LogP contribution in [0.4, 0.5) is 5.82 Å². The minimum absolute atomic E-state index is 0.0541. The van der Waals surface area contributed by atoms with E-state index < -0.39 is 0 Å². The average molecular weight is 364 g/mol. The summed E-state index contributed by atoms with van der Waals surface area (Å²) < 4.78 is 0. The third-order valence-electron chi connectivity index (χ3n) is 5.73. The molecule has 5 heteroatoms. The van der Waals surface area contributed by atoms with Crippen LogP contribution in [0.5, 0.6) is 0 Å². The third-order valence-corrected chi connectivity index (χ3v) is 5.73. The number of aromatic nitrogens is 1. The molecule has 0 radical (unpaired) electrons. The molecule has 0 unspecified atom stereocenters. The van der Waals surface area contributed by atoms with E-state index in [2.05, 4.69) is 50.4 Å². The zero-order chi connectivity index (χ0) is 18.6. The van der Waals surface area contributed by atoms with Gasteiger partial charge in [0.2, 0.25) is 0 Å². The quantitative estimate of drug-likeness (QED) is 0.886. The van der Waals surface area contributed by atoms with Crippen LogP contribution in [0.25, 0.3) is 0 Å². The summed E-state index contributed by atoms with van der Waals surface area (Å²) >= 11 is 0. The fourth-order valence-corrected chi connectivity index (χ4v) is 4.35. The molecule has 1 N–H and O–H groups in total. The summed E-state index contributed by atoms with van der Waals surface area (Å²) in [6.07, 6.45) is 4.25. The second kappa shape index (κ2) is 8.09. The molecule has 3 aliphatic rings. The van der Waals surface area contributed by atoms with Gasteiger partial charge < -0.3 is 10.2 Å². The molecule has 3 fully saturated rings. The number of nitrogens with zero attached hydrogens (tertiary/aromatic N) is 3. The maximum absolute atomic E-state index is 11.9. The molecule has 0 saturated carbocycles. The standard InChI is InChI=1S/C22H28N4O/c1-2-23-22(27)19-9-11-21(24-12-19)26-15-18-8-10-20(16-26)25(14-18)13-17-6-4-3-5-7-17/h3-7,9,11-12,18,20H,2,8,10,13-16H2,1H3,(H,23,27)/t18-,20-/m1/s1. The monoisotopic (exact) mass is 364 g/mol. The molecule has 1 aromatic carbocycles. The van der Waals surface area contributed by atoms with Crippen molar-refractivity contribution in [2.24, 2.45) is 5.92 Å². The van der Waals surface area contributed by atoms with Gasteiger partial charge in [-0.2, -0.15) is 0 Å². The van der Waals surface area contributed by atoms with E-state index in [0.29, 0.717) is 24.1 Å². The molecule has 27 heavy (non-hydrogen) atoms. The number of rotatable bonds is 5. The highest BCUT2D eigenvalue weighted by Gasteiger charge is 2.35. The summed E-state index contributed by atoms with van der Waals surface area (Å²) in [7, 11) is 0. The Morgan fingerprint density at radius 1 is 1.11 bits per heavy atom. The predicted molar refractivity (Wildman–Crippen MR) is 108 cm³/mol. The highest BCUT2D eigenvalue weighted by Crippen LogP contribution is 2.31. The number of benzene rings is 1. The van der Waals surface area contributed by atoms with Crippen LogP contribution in [0.3, 0.4) is 0 Å². The lowest BCUT2D eigenvalue weighted by Crippen LogP contribution is -2.43. The van der Waals surface area contributed by atoms with Crippen LogP contribution in [-0.4, -0.2) is 48.0 Å². The molecular weight excluding hydrogens is 336 g/mol. The molecule has 5 rings (SSSR count). The van der Waals surface area contributed by atoms with E-state index in [1.54, 1.807) is 6.20 Å². The first-order chi connectivity index (χ1) is 13.2. The van der Waals surface area contributed by atoms with Crippen LogP contribution < -0.4 is 10.2 Å². The van der Waals surface area contributed by atoms with Crippen molar-refractivity contribution < 1.29 is 4.79 Å². The van der Waals surface area contributed by atoms with Gasteiger partial charge in [0.05, 0.1) is 5.56 Å². The summed E-state index contributed by atoms with van der Waals surface area (Å²) in [5, 5.41) is 2.82. The Hall–Kier alpha value is -2.40. The maximum atomic E-state index is 11.9. The van der Waals surface area contributed by atoms with Crippen LogP contribution in [0.1, 0.15) is 35.7 Å². The Morgan fingerprint density at radius 3 is 2.70 bits per heavy atom. The predicted octanol–water partition coefficient (Wildman–Crippen LogP) is 2.93. The first-order valence-corrected chi connectivity index (χ1v) is 10.00. The molecule has 1 aromatic heterocycles. The first-order valence-electron chi connectivity index (χ1n) is 10.00. The van der Waals surface area contributed by atoms with Crippen LogP contribution in [0.2, 0.25) is 0 Å². The molecule has 1 amide bonds. The molecule has 2 bridgehead atoms. The summed E-state index contributed by atoms with van der Waals surface area (Å²) in [4.78, 5) is 21.6. The van der Waals surface area contributed by atoms with Crippen LogP contribution >= 0.6 is 0 Å². The molecule has 3 aliphatic heterocycles. The minimum Gasteiger partial charge on any atom is -0.355 e. The van der Waals surface area contributed by atoms with Gasteiger partial charge in [0.25, 0.3) is 5.91 Å². The summed E-state index contributed by atoms with van der Waals surface area (Å²) in [5.74, 6) is 1.61. The number of carbonyl (C=O) groups excluding carboxylic acids is 1. The largest absolute Gasteiger partial charge is 0.355 e. The normalized spacial score (nSPS) is 22.5. The number of piperidine rings is 1. The van der Waals surface area contributed by atoms with Crippen molar-refractivity contribution in [3.8, 4) is 0 Å². The molecule has 0 aliphatic carbocycles.